The van der Waals surface area contributed by atoms with Gasteiger partial charge >= 0.3 is 0 Å². The second-order valence-electron chi connectivity index (χ2n) is 13.1. The van der Waals surface area contributed by atoms with Crippen molar-refractivity contribution < 1.29 is 23.9 Å². The van der Waals surface area contributed by atoms with E-state index in [2.05, 4.69) is 4.98 Å². The fourth-order valence-corrected chi connectivity index (χ4v) is 7.01. The molecule has 1 unspecified atom stereocenters. The van der Waals surface area contributed by atoms with Gasteiger partial charge in [0.25, 0.3) is 11.8 Å². The van der Waals surface area contributed by atoms with Gasteiger partial charge in [-0.15, -0.1) is 0 Å². The number of ether oxygens (including phenoxy) is 2. The molecule has 0 bridgehead atoms. The molecule has 0 spiro atoms. The van der Waals surface area contributed by atoms with Crippen molar-refractivity contribution in [1.29, 1.82) is 0 Å². The number of anilines is 4. The summed E-state index contributed by atoms with van der Waals surface area (Å²) >= 11 is 0. The van der Waals surface area contributed by atoms with E-state index in [1.807, 2.05) is 73.1 Å². The molecule has 6 aromatic rings. The van der Waals surface area contributed by atoms with Crippen molar-refractivity contribution in [3.05, 3.63) is 139 Å². The number of carbonyl (C=O) groups is 3. The van der Waals surface area contributed by atoms with Gasteiger partial charge in [-0.3, -0.25) is 33.8 Å². The van der Waals surface area contributed by atoms with Gasteiger partial charge in [-0.05, 0) is 74.0 Å². The number of hydrogen-bond donors (Lipinski definition) is 0. The first-order chi connectivity index (χ1) is 25.8. The fourth-order valence-electron chi connectivity index (χ4n) is 7.01. The van der Waals surface area contributed by atoms with Gasteiger partial charge in [-0.25, -0.2) is 0 Å². The second-order valence-corrected chi connectivity index (χ2v) is 13.1. The molecule has 0 fully saturated rings. The maximum Gasteiger partial charge on any atom is 0.274 e. The smallest absolute Gasteiger partial charge is 0.274 e. The van der Waals surface area contributed by atoms with Crippen LogP contribution in [0.2, 0.25) is 0 Å². The van der Waals surface area contributed by atoms with E-state index >= 15 is 9.59 Å². The number of amides is 3. The molecule has 2 aromatic heterocycles. The highest BCUT2D eigenvalue weighted by atomic mass is 16.5. The van der Waals surface area contributed by atoms with Crippen LogP contribution >= 0.6 is 0 Å². The van der Waals surface area contributed by atoms with Crippen LogP contribution in [0, 0.1) is 0 Å². The van der Waals surface area contributed by atoms with Gasteiger partial charge in [0.05, 0.1) is 48.1 Å². The molecule has 1 aliphatic rings. The van der Waals surface area contributed by atoms with E-state index in [9.17, 15) is 4.79 Å². The van der Waals surface area contributed by atoms with E-state index in [1.165, 1.54) is 16.9 Å². The zero-order valence-electron chi connectivity index (χ0n) is 30.0. The standard InChI is InChI=1S/C42H40N6O5/c1-29(2)47(31-20-22-33(52-3)23-21-31)39(49)28-45-37-18-10-11-19-38(37)48(32-15-12-24-43-26-32)41(51)42(53-4,40(45)50)25-35-34-16-8-9-17-36(34)46(44-35)27-30-13-6-5-7-14-30/h5-24,26,29H,25,27-28H2,1-4H3. The quantitative estimate of drug-likeness (QED) is 0.140. The summed E-state index contributed by atoms with van der Waals surface area (Å²) in [6.07, 6.45) is 2.97. The summed E-state index contributed by atoms with van der Waals surface area (Å²) < 4.78 is 13.4. The number of methoxy groups -OCH3 is 2. The molecule has 0 saturated carbocycles. The number of pyridine rings is 1. The molecule has 268 valence electrons. The lowest BCUT2D eigenvalue weighted by Gasteiger charge is -2.34. The van der Waals surface area contributed by atoms with Crippen LogP contribution in [0.5, 0.6) is 5.75 Å². The summed E-state index contributed by atoms with van der Waals surface area (Å²) in [4.78, 5) is 53.8. The van der Waals surface area contributed by atoms with Crippen LogP contribution < -0.4 is 19.4 Å². The Morgan fingerprint density at radius 2 is 1.51 bits per heavy atom. The van der Waals surface area contributed by atoms with E-state index < -0.39 is 17.4 Å². The Bertz CT molecular complexity index is 2260. The Hall–Kier alpha value is -6.33. The third-order valence-electron chi connectivity index (χ3n) is 9.56. The number of carbonyl (C=O) groups excluding carboxylic acids is 3. The molecule has 53 heavy (non-hydrogen) atoms. The summed E-state index contributed by atoms with van der Waals surface area (Å²) in [5, 5.41) is 5.79. The van der Waals surface area contributed by atoms with Crippen molar-refractivity contribution >= 4 is 51.4 Å². The zero-order chi connectivity index (χ0) is 37.1. The number of para-hydroxylation sites is 3. The number of benzene rings is 4. The van der Waals surface area contributed by atoms with Crippen LogP contribution in [0.15, 0.2) is 128 Å². The van der Waals surface area contributed by atoms with Crippen LogP contribution in [0.4, 0.5) is 22.7 Å². The highest BCUT2D eigenvalue weighted by Gasteiger charge is 2.55. The van der Waals surface area contributed by atoms with Crippen molar-refractivity contribution in [2.75, 3.05) is 35.5 Å². The first-order valence-corrected chi connectivity index (χ1v) is 17.4. The monoisotopic (exact) mass is 708 g/mol. The first kappa shape index (κ1) is 35.1. The van der Waals surface area contributed by atoms with E-state index in [1.54, 1.807) is 85.1 Å². The Morgan fingerprint density at radius 3 is 2.19 bits per heavy atom. The van der Waals surface area contributed by atoms with Crippen LogP contribution in [0.1, 0.15) is 25.1 Å². The molecular formula is C42H40N6O5. The molecule has 3 heterocycles. The maximum atomic E-state index is 15.4. The van der Waals surface area contributed by atoms with Crippen molar-refractivity contribution in [2.45, 2.75) is 38.5 Å². The van der Waals surface area contributed by atoms with E-state index in [0.29, 0.717) is 40.7 Å². The topological polar surface area (TPSA) is 110 Å². The third-order valence-corrected chi connectivity index (χ3v) is 9.56. The lowest BCUT2D eigenvalue weighted by Crippen LogP contribution is -2.60. The average Bonchev–Trinajstić information content (AvgIpc) is 3.50. The first-order valence-electron chi connectivity index (χ1n) is 17.4. The van der Waals surface area contributed by atoms with Gasteiger partial charge in [0.1, 0.15) is 12.3 Å². The van der Waals surface area contributed by atoms with E-state index in [4.69, 9.17) is 14.6 Å². The Labute approximate surface area is 308 Å². The van der Waals surface area contributed by atoms with Crippen LogP contribution in [-0.4, -0.2) is 64.9 Å². The van der Waals surface area contributed by atoms with Gasteiger partial charge in [0, 0.05) is 36.8 Å². The molecular weight excluding hydrogens is 668 g/mol. The normalized spacial score (nSPS) is 15.8. The molecule has 0 radical (unpaired) electrons. The Morgan fingerprint density at radius 1 is 0.811 bits per heavy atom. The summed E-state index contributed by atoms with van der Waals surface area (Å²) in [5.74, 6) is -1.01. The van der Waals surface area contributed by atoms with Gasteiger partial charge < -0.3 is 14.4 Å². The molecule has 11 heteroatoms. The minimum Gasteiger partial charge on any atom is -0.497 e. The maximum absolute atomic E-state index is 15.4. The van der Waals surface area contributed by atoms with Crippen molar-refractivity contribution in [2.24, 2.45) is 0 Å². The number of aromatic nitrogens is 3. The third kappa shape index (κ3) is 6.51. The molecule has 0 aliphatic carbocycles. The predicted octanol–water partition coefficient (Wildman–Crippen LogP) is 6.57. The van der Waals surface area contributed by atoms with Crippen LogP contribution in [-0.2, 0) is 32.1 Å². The fraction of sp³-hybridized carbons (Fsp3) is 0.214. The minimum atomic E-state index is -2.13. The Balaban J connectivity index is 1.37. The predicted molar refractivity (Wildman–Crippen MR) is 205 cm³/mol. The molecule has 3 amide bonds. The summed E-state index contributed by atoms with van der Waals surface area (Å²) in [6.45, 7) is 3.92. The van der Waals surface area contributed by atoms with Gasteiger partial charge in [0.15, 0.2) is 0 Å². The SMILES string of the molecule is COc1ccc(N(C(=O)CN2C(=O)C(Cc3nn(Cc4ccccc4)c4ccccc34)(OC)C(=O)N(c3cccnc3)c3ccccc32)C(C)C)cc1. The molecule has 0 saturated heterocycles. The summed E-state index contributed by atoms with van der Waals surface area (Å²) in [6, 6.07) is 35.1. The molecule has 7 rings (SSSR count). The summed E-state index contributed by atoms with van der Waals surface area (Å²) in [5.41, 5.74) is 2.13. The van der Waals surface area contributed by atoms with Gasteiger partial charge in [-0.1, -0.05) is 60.7 Å². The molecule has 1 atom stereocenters. The minimum absolute atomic E-state index is 0.203. The molecule has 4 aromatic carbocycles. The second kappa shape index (κ2) is 14.7. The lowest BCUT2D eigenvalue weighted by molar-refractivity contribution is -0.153. The lowest BCUT2D eigenvalue weighted by atomic mass is 9.92. The van der Waals surface area contributed by atoms with Crippen LogP contribution in [0.25, 0.3) is 10.9 Å². The van der Waals surface area contributed by atoms with Crippen molar-refractivity contribution in [3.8, 4) is 5.75 Å². The van der Waals surface area contributed by atoms with Crippen molar-refractivity contribution in [3.63, 3.8) is 0 Å². The van der Waals surface area contributed by atoms with Crippen molar-refractivity contribution in [1.82, 2.24) is 14.8 Å². The van der Waals surface area contributed by atoms with Gasteiger partial charge in [-0.2, -0.15) is 5.10 Å². The molecule has 1 aliphatic heterocycles. The van der Waals surface area contributed by atoms with Gasteiger partial charge in [0.2, 0.25) is 11.5 Å². The number of fused-ring (bicyclic) bond motifs is 2. The number of hydrogen-bond acceptors (Lipinski definition) is 7. The molecule has 11 nitrogen and oxygen atoms in total. The van der Waals surface area contributed by atoms with Crippen LogP contribution in [0.3, 0.4) is 0 Å². The highest BCUT2D eigenvalue weighted by molar-refractivity contribution is 6.26. The summed E-state index contributed by atoms with van der Waals surface area (Å²) in [7, 11) is 2.94. The number of rotatable bonds is 11. The molecule has 0 N–H and O–H groups in total. The van der Waals surface area contributed by atoms with E-state index in [-0.39, 0.29) is 24.9 Å². The Kier molecular flexibility index (Phi) is 9.75. The van der Waals surface area contributed by atoms with E-state index in [0.717, 1.165) is 16.5 Å². The largest absolute Gasteiger partial charge is 0.497 e. The average molecular weight is 709 g/mol. The zero-order valence-corrected chi connectivity index (χ0v) is 30.0. The number of nitrogens with zero attached hydrogens (tertiary/aromatic N) is 6. The highest BCUT2D eigenvalue weighted by Crippen LogP contribution is 2.42.